The van der Waals surface area contributed by atoms with Gasteiger partial charge in [0.2, 0.25) is 0 Å². The summed E-state index contributed by atoms with van der Waals surface area (Å²) in [7, 11) is 0. The van der Waals surface area contributed by atoms with E-state index in [-0.39, 0.29) is 5.82 Å². The van der Waals surface area contributed by atoms with E-state index in [1.807, 2.05) is 6.07 Å². The Labute approximate surface area is 132 Å². The van der Waals surface area contributed by atoms with Crippen LogP contribution in [0.2, 0.25) is 5.02 Å². The van der Waals surface area contributed by atoms with Crippen molar-refractivity contribution in [2.24, 2.45) is 0 Å². The Morgan fingerprint density at radius 3 is 2.57 bits per heavy atom. The van der Waals surface area contributed by atoms with E-state index in [1.54, 1.807) is 12.1 Å². The van der Waals surface area contributed by atoms with Gasteiger partial charge in [0.1, 0.15) is 5.82 Å². The number of halogens is 3. The highest BCUT2D eigenvalue weighted by molar-refractivity contribution is 6.30. The summed E-state index contributed by atoms with van der Waals surface area (Å²) in [6, 6.07) is 9.75. The minimum absolute atomic E-state index is 0.346. The zero-order valence-electron chi connectivity index (χ0n) is 11.1. The van der Waals surface area contributed by atoms with Gasteiger partial charge in [-0.05, 0) is 35.9 Å². The van der Waals surface area contributed by atoms with Gasteiger partial charge >= 0.3 is 0 Å². The average molecular weight is 327 g/mol. The lowest BCUT2D eigenvalue weighted by Gasteiger charge is -2.14. The number of hydrogen-bond acceptors (Lipinski definition) is 2. The fraction of sp³-hybridized carbons (Fsp3) is 0.250. The average Bonchev–Trinajstić information content (AvgIpc) is 2.73. The molecule has 0 fully saturated rings. The van der Waals surface area contributed by atoms with E-state index in [2.05, 4.69) is 0 Å². The number of ether oxygens (including phenoxy) is 2. The monoisotopic (exact) mass is 326 g/mol. The quantitative estimate of drug-likeness (QED) is 0.725. The maximum absolute atomic E-state index is 13.9. The molecule has 3 rings (SSSR count). The molecule has 110 valence electrons. The fourth-order valence-corrected chi connectivity index (χ4v) is 2.71. The van der Waals surface area contributed by atoms with Crippen LogP contribution in [0.1, 0.15) is 22.9 Å². The molecular weight excluding hydrogens is 314 g/mol. The summed E-state index contributed by atoms with van der Waals surface area (Å²) >= 11 is 12.3. The summed E-state index contributed by atoms with van der Waals surface area (Å²) in [6.45, 7) is 1.22. The normalized spacial score (nSPS) is 15.4. The van der Waals surface area contributed by atoms with Crippen LogP contribution < -0.4 is 9.47 Å². The largest absolute Gasteiger partial charge is 0.490 e. The Bertz CT molecular complexity index is 661. The summed E-state index contributed by atoms with van der Waals surface area (Å²) in [5.41, 5.74) is 1.08. The van der Waals surface area contributed by atoms with Crippen molar-refractivity contribution in [1.29, 1.82) is 0 Å². The molecule has 1 aliphatic rings. The van der Waals surface area contributed by atoms with Crippen LogP contribution in [0.5, 0.6) is 11.5 Å². The Balaban J connectivity index is 1.96. The molecule has 0 spiro atoms. The fourth-order valence-electron chi connectivity index (χ4n) is 2.23. The van der Waals surface area contributed by atoms with Gasteiger partial charge in [0, 0.05) is 17.0 Å². The van der Waals surface area contributed by atoms with E-state index >= 15 is 0 Å². The first-order valence-electron chi connectivity index (χ1n) is 6.64. The molecule has 0 N–H and O–H groups in total. The van der Waals surface area contributed by atoms with Crippen molar-refractivity contribution in [3.8, 4) is 11.5 Å². The third kappa shape index (κ3) is 3.09. The number of hydrogen-bond donors (Lipinski definition) is 0. The van der Waals surface area contributed by atoms with E-state index in [9.17, 15) is 4.39 Å². The second-order valence-electron chi connectivity index (χ2n) is 4.79. The van der Waals surface area contributed by atoms with Crippen LogP contribution in [0.15, 0.2) is 36.4 Å². The lowest BCUT2D eigenvalue weighted by atomic mass is 10.0. The minimum atomic E-state index is -0.638. The van der Waals surface area contributed by atoms with Gasteiger partial charge in [0.05, 0.1) is 18.6 Å². The maximum atomic E-state index is 13.9. The number of benzene rings is 2. The molecule has 0 saturated heterocycles. The maximum Gasteiger partial charge on any atom is 0.161 e. The van der Waals surface area contributed by atoms with E-state index < -0.39 is 5.38 Å². The summed E-state index contributed by atoms with van der Waals surface area (Å²) in [6.07, 6.45) is 0.831. The van der Waals surface area contributed by atoms with Crippen LogP contribution in [0, 0.1) is 5.82 Å². The van der Waals surface area contributed by atoms with Crippen LogP contribution in [-0.4, -0.2) is 13.2 Å². The molecule has 2 aromatic rings. The summed E-state index contributed by atoms with van der Waals surface area (Å²) < 4.78 is 25.1. The smallest absolute Gasteiger partial charge is 0.161 e. The molecule has 2 nitrogen and oxygen atoms in total. The third-order valence-electron chi connectivity index (χ3n) is 3.30. The predicted molar refractivity (Wildman–Crippen MR) is 81.2 cm³/mol. The molecule has 5 heteroatoms. The zero-order chi connectivity index (χ0) is 14.8. The Morgan fingerprint density at radius 2 is 1.76 bits per heavy atom. The van der Waals surface area contributed by atoms with Crippen LogP contribution in [0.4, 0.5) is 4.39 Å². The highest BCUT2D eigenvalue weighted by Gasteiger charge is 2.19. The van der Waals surface area contributed by atoms with Crippen molar-refractivity contribution in [2.45, 2.75) is 11.8 Å². The second-order valence-corrected chi connectivity index (χ2v) is 5.66. The molecule has 0 radical (unpaired) electrons. The molecule has 0 amide bonds. The van der Waals surface area contributed by atoms with E-state index in [0.717, 1.165) is 12.0 Å². The highest BCUT2D eigenvalue weighted by Crippen LogP contribution is 2.37. The number of rotatable bonds is 2. The predicted octanol–water partition coefficient (Wildman–Crippen LogP) is 4.97. The molecule has 21 heavy (non-hydrogen) atoms. The van der Waals surface area contributed by atoms with Crippen LogP contribution in [-0.2, 0) is 0 Å². The number of alkyl halides is 1. The lowest BCUT2D eigenvalue weighted by molar-refractivity contribution is 0.297. The van der Waals surface area contributed by atoms with Gasteiger partial charge in [0.25, 0.3) is 0 Å². The Kier molecular flexibility index (Phi) is 4.22. The van der Waals surface area contributed by atoms with Gasteiger partial charge in [-0.15, -0.1) is 11.6 Å². The van der Waals surface area contributed by atoms with Crippen molar-refractivity contribution in [2.75, 3.05) is 13.2 Å². The molecule has 0 aromatic heterocycles. The molecule has 0 bridgehead atoms. The van der Waals surface area contributed by atoms with Gasteiger partial charge in [-0.1, -0.05) is 17.7 Å². The molecule has 1 heterocycles. The van der Waals surface area contributed by atoms with Crippen molar-refractivity contribution in [3.63, 3.8) is 0 Å². The van der Waals surface area contributed by atoms with Crippen LogP contribution in [0.3, 0.4) is 0 Å². The van der Waals surface area contributed by atoms with Crippen LogP contribution >= 0.6 is 23.2 Å². The van der Waals surface area contributed by atoms with Gasteiger partial charge in [-0.3, -0.25) is 0 Å². The minimum Gasteiger partial charge on any atom is -0.490 e. The topological polar surface area (TPSA) is 18.5 Å². The van der Waals surface area contributed by atoms with E-state index in [0.29, 0.717) is 35.3 Å². The first-order valence-corrected chi connectivity index (χ1v) is 7.45. The Hall–Kier alpha value is -1.45. The molecule has 1 unspecified atom stereocenters. The Morgan fingerprint density at radius 1 is 1.00 bits per heavy atom. The van der Waals surface area contributed by atoms with Crippen molar-refractivity contribution >= 4 is 23.2 Å². The molecule has 1 aliphatic heterocycles. The third-order valence-corrected chi connectivity index (χ3v) is 4.02. The molecule has 0 saturated carbocycles. The lowest BCUT2D eigenvalue weighted by Crippen LogP contribution is -1.99. The van der Waals surface area contributed by atoms with Crippen molar-refractivity contribution in [3.05, 3.63) is 58.4 Å². The number of fused-ring (bicyclic) bond motifs is 1. The van der Waals surface area contributed by atoms with Crippen LogP contribution in [0.25, 0.3) is 0 Å². The first-order chi connectivity index (χ1) is 10.1. The van der Waals surface area contributed by atoms with Gasteiger partial charge in [0.15, 0.2) is 11.5 Å². The van der Waals surface area contributed by atoms with Gasteiger partial charge in [-0.25, -0.2) is 4.39 Å². The molecule has 2 aromatic carbocycles. The van der Waals surface area contributed by atoms with Gasteiger partial charge in [-0.2, -0.15) is 0 Å². The second kappa shape index (κ2) is 6.12. The molecule has 0 aliphatic carbocycles. The van der Waals surface area contributed by atoms with Crippen molar-refractivity contribution in [1.82, 2.24) is 0 Å². The highest BCUT2D eigenvalue weighted by atomic mass is 35.5. The zero-order valence-corrected chi connectivity index (χ0v) is 12.6. The molecule has 1 atom stereocenters. The first kappa shape index (κ1) is 14.5. The van der Waals surface area contributed by atoms with Crippen molar-refractivity contribution < 1.29 is 13.9 Å². The van der Waals surface area contributed by atoms with E-state index in [4.69, 9.17) is 32.7 Å². The SMILES string of the molecule is Fc1ccc(Cl)cc1C(Cl)c1ccc2c(c1)OCCCO2. The summed E-state index contributed by atoms with van der Waals surface area (Å²) in [4.78, 5) is 0. The summed E-state index contributed by atoms with van der Waals surface area (Å²) in [5.74, 6) is 0.941. The summed E-state index contributed by atoms with van der Waals surface area (Å²) in [5, 5.41) is -0.188. The van der Waals surface area contributed by atoms with Gasteiger partial charge < -0.3 is 9.47 Å². The molecular formula is C16H13Cl2FO2. The van der Waals surface area contributed by atoms with E-state index in [1.165, 1.54) is 18.2 Å². The standard InChI is InChI=1S/C16H13Cl2FO2/c17-11-3-4-13(19)12(9-11)16(18)10-2-5-14-15(8-10)21-7-1-6-20-14/h2-5,8-9,16H,1,6-7H2.